The lowest BCUT2D eigenvalue weighted by molar-refractivity contribution is 0.106. The maximum Gasteiger partial charge on any atom is 0.336 e. The van der Waals surface area contributed by atoms with Gasteiger partial charge < -0.3 is 15.3 Å². The third-order valence-corrected chi connectivity index (χ3v) is 9.77. The van der Waals surface area contributed by atoms with E-state index in [1.807, 2.05) is 0 Å². The van der Waals surface area contributed by atoms with Crippen molar-refractivity contribution in [2.24, 2.45) is 0 Å². The molecule has 27 nitrogen and oxygen atoms in total. The molecule has 4 heterocycles. The third kappa shape index (κ3) is 10.0. The number of nitrogens with zero attached hydrogens (tertiary/aromatic N) is 12. The average Bonchev–Trinajstić information content (AvgIpc) is 3.28. The van der Waals surface area contributed by atoms with Gasteiger partial charge in [-0.15, -0.1) is 39.5 Å². The summed E-state index contributed by atoms with van der Waals surface area (Å²) in [6, 6.07) is 0. The van der Waals surface area contributed by atoms with Gasteiger partial charge in [0.15, 0.2) is 0 Å². The second-order valence-corrected chi connectivity index (χ2v) is 14.4. The van der Waals surface area contributed by atoms with Gasteiger partial charge in [-0.05, 0) is 0 Å². The minimum absolute atomic E-state index is 0.222. The van der Waals surface area contributed by atoms with E-state index in [1.54, 1.807) is 0 Å². The number of allylic oxidation sites excluding steroid dienone is 6. The van der Waals surface area contributed by atoms with Gasteiger partial charge >= 0.3 is 68.3 Å². The highest BCUT2D eigenvalue weighted by molar-refractivity contribution is 4.90. The van der Waals surface area contributed by atoms with Gasteiger partial charge in [-0.3, -0.25) is 0 Å². The first-order valence-corrected chi connectivity index (χ1v) is 19.7. The number of rotatable bonds is 24. The van der Waals surface area contributed by atoms with Gasteiger partial charge in [-0.25, -0.2) is 112 Å². The Balaban J connectivity index is 1.91. The number of aliphatic hydroxyl groups is 3. The normalized spacial score (nSPS) is 12.6. The highest BCUT2D eigenvalue weighted by Crippen LogP contribution is 1.96. The Morgan fingerprint density at radius 3 is 0.485 bits per heavy atom. The first-order chi connectivity index (χ1) is 31.3. The standard InChI is InChI=1S/C39H48N12O15/c1-7-13-40-28(55)41(14-8-2)32(59)46(31(40)58)19-25(52)22-49-37(64)50(23-26(53)20-47-33(60)42(15-9-3)29(56)43(16-10-4)34(47)61)39(66)51(38(49)65)24-27(54)21-48-35(62)44(17-11-5)30(57)45(18-12-6)36(48)63/h7-12,25-27,52-54H,1-6,13-24H2. The van der Waals surface area contributed by atoms with Crippen LogP contribution in [-0.4, -0.2) is 88.4 Å². The monoisotopic (exact) mass is 924 g/mol. The van der Waals surface area contributed by atoms with Crippen molar-refractivity contribution in [3.05, 3.63) is 202 Å². The zero-order chi connectivity index (χ0) is 49.3. The summed E-state index contributed by atoms with van der Waals surface area (Å²) in [5.41, 5.74) is -15.0. The van der Waals surface area contributed by atoms with Crippen molar-refractivity contribution < 1.29 is 15.3 Å². The van der Waals surface area contributed by atoms with Crippen molar-refractivity contribution in [2.75, 3.05) is 0 Å². The van der Waals surface area contributed by atoms with E-state index < -0.39 is 126 Å². The second-order valence-electron chi connectivity index (χ2n) is 14.4. The fourth-order valence-electron chi connectivity index (χ4n) is 6.82. The highest BCUT2D eigenvalue weighted by Gasteiger charge is 2.26. The Morgan fingerprint density at radius 1 is 0.258 bits per heavy atom. The molecule has 27 heteroatoms. The van der Waals surface area contributed by atoms with Gasteiger partial charge in [0.1, 0.15) is 0 Å². The Hall–Kier alpha value is -8.04. The van der Waals surface area contributed by atoms with E-state index in [1.165, 1.54) is 36.5 Å². The van der Waals surface area contributed by atoms with Gasteiger partial charge in [0.25, 0.3) is 0 Å². The predicted molar refractivity (Wildman–Crippen MR) is 236 cm³/mol. The van der Waals surface area contributed by atoms with E-state index in [9.17, 15) is 72.9 Å². The summed E-state index contributed by atoms with van der Waals surface area (Å²) in [6.07, 6.45) is 0.988. The van der Waals surface area contributed by atoms with Crippen molar-refractivity contribution in [2.45, 2.75) is 96.8 Å². The summed E-state index contributed by atoms with van der Waals surface area (Å²) in [5.74, 6) is 0. The van der Waals surface area contributed by atoms with Crippen LogP contribution >= 0.6 is 0 Å². The number of hydrogen-bond donors (Lipinski definition) is 3. The van der Waals surface area contributed by atoms with Crippen molar-refractivity contribution in [3.63, 3.8) is 0 Å². The van der Waals surface area contributed by atoms with Crippen molar-refractivity contribution in [1.82, 2.24) is 54.8 Å². The van der Waals surface area contributed by atoms with E-state index in [0.717, 1.165) is 0 Å². The number of hydrogen-bond acceptors (Lipinski definition) is 15. The molecule has 0 bridgehead atoms. The lowest BCUT2D eigenvalue weighted by Gasteiger charge is -2.21. The van der Waals surface area contributed by atoms with Crippen LogP contribution < -0.4 is 68.3 Å². The first-order valence-electron chi connectivity index (χ1n) is 19.7. The summed E-state index contributed by atoms with van der Waals surface area (Å²) in [5, 5.41) is 33.8. The van der Waals surface area contributed by atoms with E-state index in [2.05, 4.69) is 39.5 Å². The Bertz CT molecular complexity index is 2830. The van der Waals surface area contributed by atoms with Gasteiger partial charge in [-0.2, -0.15) is 0 Å². The molecule has 0 aliphatic heterocycles. The van der Waals surface area contributed by atoms with Crippen LogP contribution in [-0.2, 0) is 78.5 Å². The Labute approximate surface area is 368 Å². The summed E-state index contributed by atoms with van der Waals surface area (Å²) in [6.45, 7) is 12.3. The predicted octanol–water partition coefficient (Wildman–Crippen LogP) is -7.07. The summed E-state index contributed by atoms with van der Waals surface area (Å²) in [4.78, 5) is 160. The molecule has 3 N–H and O–H groups in total. The van der Waals surface area contributed by atoms with Crippen molar-refractivity contribution >= 4 is 0 Å². The largest absolute Gasteiger partial charge is 0.389 e. The molecule has 0 aliphatic carbocycles. The van der Waals surface area contributed by atoms with E-state index in [0.29, 0.717) is 41.1 Å². The number of aromatic nitrogens is 12. The molecular formula is C39H48N12O15. The fraction of sp³-hybridized carbons (Fsp3) is 0.385. The topological polar surface area (TPSA) is 325 Å². The quantitative estimate of drug-likeness (QED) is 0.0550. The lowest BCUT2D eigenvalue weighted by Crippen LogP contribution is -2.59. The molecule has 4 rings (SSSR count). The average molecular weight is 925 g/mol. The zero-order valence-electron chi connectivity index (χ0n) is 35.5. The van der Waals surface area contributed by atoms with Crippen LogP contribution in [0.15, 0.2) is 133 Å². The smallest absolute Gasteiger partial charge is 0.336 e. The van der Waals surface area contributed by atoms with Crippen LogP contribution in [0, 0.1) is 0 Å². The van der Waals surface area contributed by atoms with Crippen LogP contribution in [0.3, 0.4) is 0 Å². The van der Waals surface area contributed by atoms with E-state index in [4.69, 9.17) is 0 Å². The molecule has 4 aromatic rings. The van der Waals surface area contributed by atoms with Gasteiger partial charge in [0.2, 0.25) is 0 Å². The van der Waals surface area contributed by atoms with Gasteiger partial charge in [0.05, 0.1) is 96.8 Å². The molecule has 0 spiro atoms. The van der Waals surface area contributed by atoms with Crippen LogP contribution in [0.4, 0.5) is 0 Å². The molecule has 0 amide bonds. The molecule has 4 aromatic heterocycles. The Kier molecular flexibility index (Phi) is 16.5. The SMILES string of the molecule is C=CCn1c(=O)n(CC=C)c(=O)n(CC(O)Cn2c(=O)n(CC(O)Cn3c(=O)n(CC=C)c(=O)n(CC=C)c3=O)c(=O)n(CC(O)Cn3c(=O)n(CC=C)c(=O)n(CC=C)c3=O)c2=O)c1=O. The van der Waals surface area contributed by atoms with E-state index >= 15 is 0 Å². The third-order valence-electron chi connectivity index (χ3n) is 9.77. The molecule has 0 radical (unpaired) electrons. The highest BCUT2D eigenvalue weighted by atomic mass is 16.3. The molecule has 0 aromatic carbocycles. The summed E-state index contributed by atoms with van der Waals surface area (Å²) in [7, 11) is 0. The molecule has 0 aliphatic rings. The molecular weight excluding hydrogens is 876 g/mol. The minimum Gasteiger partial charge on any atom is -0.389 e. The fourth-order valence-corrected chi connectivity index (χ4v) is 6.82. The second kappa shape index (κ2) is 21.6. The zero-order valence-corrected chi connectivity index (χ0v) is 35.5. The lowest BCUT2D eigenvalue weighted by atomic mass is 10.3. The summed E-state index contributed by atoms with van der Waals surface area (Å²) < 4.78 is 5.58. The number of aliphatic hydroxyl groups excluding tert-OH is 3. The van der Waals surface area contributed by atoms with Crippen molar-refractivity contribution in [1.29, 1.82) is 0 Å². The molecule has 0 saturated carbocycles. The Morgan fingerprint density at radius 2 is 0.364 bits per heavy atom. The molecule has 0 saturated heterocycles. The maximum atomic E-state index is 14.0. The van der Waals surface area contributed by atoms with Gasteiger partial charge in [-0.1, -0.05) is 36.5 Å². The molecule has 3 unspecified atom stereocenters. The molecule has 3 atom stereocenters. The molecule has 354 valence electrons. The van der Waals surface area contributed by atoms with Gasteiger partial charge in [0, 0.05) is 0 Å². The van der Waals surface area contributed by atoms with E-state index in [-0.39, 0.29) is 53.0 Å². The first kappa shape index (κ1) is 50.6. The summed E-state index contributed by atoms with van der Waals surface area (Å²) >= 11 is 0. The van der Waals surface area contributed by atoms with Crippen LogP contribution in [0.25, 0.3) is 0 Å². The molecule has 66 heavy (non-hydrogen) atoms. The van der Waals surface area contributed by atoms with Crippen LogP contribution in [0.2, 0.25) is 0 Å². The van der Waals surface area contributed by atoms with Crippen molar-refractivity contribution in [3.8, 4) is 0 Å². The molecule has 0 fully saturated rings. The minimum atomic E-state index is -2.03. The van der Waals surface area contributed by atoms with Crippen LogP contribution in [0.1, 0.15) is 0 Å². The maximum absolute atomic E-state index is 14.0. The van der Waals surface area contributed by atoms with Crippen LogP contribution in [0.5, 0.6) is 0 Å².